The molecule has 0 atom stereocenters. The van der Waals surface area contributed by atoms with Gasteiger partial charge in [-0.05, 0) is 6.92 Å². The molecule has 2 nitrogen and oxygen atoms in total. The summed E-state index contributed by atoms with van der Waals surface area (Å²) in [5.74, 6) is -0.935. The summed E-state index contributed by atoms with van der Waals surface area (Å²) >= 11 is 0. The molecule has 0 bridgehead atoms. The standard InChI is InChI=1S/C4H6O2.C3H6/c1-3(2)4(5)6;1-2-3-1/h1H2,2H3,(H,5,6);1-3H2. The topological polar surface area (TPSA) is 37.3 Å². The van der Waals surface area contributed by atoms with Crippen LogP contribution in [0.2, 0.25) is 0 Å². The average Bonchev–Trinajstić information content (AvgIpc) is 2.46. The van der Waals surface area contributed by atoms with E-state index in [0.717, 1.165) is 0 Å². The number of hydrogen-bond donors (Lipinski definition) is 1. The molecular weight excluding hydrogens is 116 g/mol. The molecule has 0 aromatic heterocycles. The van der Waals surface area contributed by atoms with Gasteiger partial charge >= 0.3 is 5.97 Å². The summed E-state index contributed by atoms with van der Waals surface area (Å²) < 4.78 is 0. The van der Waals surface area contributed by atoms with Crippen LogP contribution < -0.4 is 0 Å². The number of aliphatic carboxylic acids is 1. The molecule has 0 aromatic rings. The molecule has 1 N–H and O–H groups in total. The lowest BCUT2D eigenvalue weighted by molar-refractivity contribution is -0.132. The van der Waals surface area contributed by atoms with Crippen molar-refractivity contribution >= 4 is 5.97 Å². The zero-order valence-electron chi connectivity index (χ0n) is 5.68. The molecule has 0 unspecified atom stereocenters. The zero-order chi connectivity index (χ0) is 7.28. The summed E-state index contributed by atoms with van der Waals surface area (Å²) in [7, 11) is 0. The van der Waals surface area contributed by atoms with E-state index in [2.05, 4.69) is 6.58 Å². The fraction of sp³-hybridized carbons (Fsp3) is 0.571. The largest absolute Gasteiger partial charge is 0.478 e. The average molecular weight is 128 g/mol. The molecule has 1 saturated carbocycles. The van der Waals surface area contributed by atoms with Crippen LogP contribution in [0.15, 0.2) is 12.2 Å². The van der Waals surface area contributed by atoms with Gasteiger partial charge in [-0.1, -0.05) is 25.8 Å². The third-order valence-electron chi connectivity index (χ3n) is 0.719. The molecule has 2 heteroatoms. The van der Waals surface area contributed by atoms with Gasteiger partial charge in [0.15, 0.2) is 0 Å². The Balaban J connectivity index is 0.000000173. The van der Waals surface area contributed by atoms with Crippen LogP contribution in [-0.2, 0) is 4.79 Å². The van der Waals surface area contributed by atoms with Crippen molar-refractivity contribution in [3.8, 4) is 0 Å². The molecule has 0 radical (unpaired) electrons. The van der Waals surface area contributed by atoms with Crippen LogP contribution in [-0.4, -0.2) is 11.1 Å². The van der Waals surface area contributed by atoms with Crippen molar-refractivity contribution in [3.63, 3.8) is 0 Å². The first kappa shape index (κ1) is 8.21. The second-order valence-electron chi connectivity index (χ2n) is 2.15. The maximum Gasteiger partial charge on any atom is 0.330 e. The van der Waals surface area contributed by atoms with Crippen LogP contribution in [0.5, 0.6) is 0 Å². The fourth-order valence-corrected chi connectivity index (χ4v) is 0. The van der Waals surface area contributed by atoms with Crippen molar-refractivity contribution in [2.75, 3.05) is 0 Å². The zero-order valence-corrected chi connectivity index (χ0v) is 5.68. The van der Waals surface area contributed by atoms with Gasteiger partial charge in [0, 0.05) is 5.57 Å². The number of hydrogen-bond acceptors (Lipinski definition) is 1. The molecule has 1 rings (SSSR count). The highest BCUT2D eigenvalue weighted by atomic mass is 16.4. The molecule has 9 heavy (non-hydrogen) atoms. The summed E-state index contributed by atoms with van der Waals surface area (Å²) in [6.45, 7) is 4.60. The Hall–Kier alpha value is -0.790. The van der Waals surface area contributed by atoms with Crippen molar-refractivity contribution < 1.29 is 9.90 Å². The molecule has 52 valence electrons. The second-order valence-corrected chi connectivity index (χ2v) is 2.15. The van der Waals surface area contributed by atoms with Crippen molar-refractivity contribution in [2.24, 2.45) is 0 Å². The van der Waals surface area contributed by atoms with E-state index in [0.29, 0.717) is 0 Å². The molecule has 0 heterocycles. The SMILES string of the molecule is C1CC1.C=C(C)C(=O)O. The van der Waals surface area contributed by atoms with Gasteiger partial charge in [0.05, 0.1) is 0 Å². The van der Waals surface area contributed by atoms with E-state index < -0.39 is 5.97 Å². The lowest BCUT2D eigenvalue weighted by Gasteiger charge is -1.79. The van der Waals surface area contributed by atoms with E-state index in [1.807, 2.05) is 0 Å². The predicted molar refractivity (Wildman–Crippen MR) is 36.3 cm³/mol. The Morgan fingerprint density at radius 2 is 1.67 bits per heavy atom. The Kier molecular flexibility index (Phi) is 3.76. The Morgan fingerprint density at radius 3 is 1.67 bits per heavy atom. The second kappa shape index (κ2) is 4.13. The predicted octanol–water partition coefficient (Wildman–Crippen LogP) is 1.82. The minimum atomic E-state index is -0.935. The number of carboxylic acids is 1. The number of rotatable bonds is 1. The Morgan fingerprint density at radius 1 is 1.44 bits per heavy atom. The molecule has 0 aliphatic heterocycles. The summed E-state index contributed by atoms with van der Waals surface area (Å²) in [6.07, 6.45) is 4.50. The van der Waals surface area contributed by atoms with Gasteiger partial charge in [-0.2, -0.15) is 0 Å². The van der Waals surface area contributed by atoms with Gasteiger partial charge < -0.3 is 5.11 Å². The van der Waals surface area contributed by atoms with E-state index in [9.17, 15) is 4.79 Å². The molecule has 0 amide bonds. The van der Waals surface area contributed by atoms with Crippen LogP contribution in [0.4, 0.5) is 0 Å². The molecule has 0 aromatic carbocycles. The maximum absolute atomic E-state index is 9.60. The van der Waals surface area contributed by atoms with Crippen molar-refractivity contribution in [1.82, 2.24) is 0 Å². The van der Waals surface area contributed by atoms with E-state index >= 15 is 0 Å². The van der Waals surface area contributed by atoms with Gasteiger partial charge in [0.1, 0.15) is 0 Å². The monoisotopic (exact) mass is 128 g/mol. The molecular formula is C7H12O2. The minimum absolute atomic E-state index is 0.176. The Labute approximate surface area is 55.2 Å². The van der Waals surface area contributed by atoms with Gasteiger partial charge in [-0.15, -0.1) is 0 Å². The molecule has 0 spiro atoms. The summed E-state index contributed by atoms with van der Waals surface area (Å²) in [6, 6.07) is 0. The van der Waals surface area contributed by atoms with E-state index in [-0.39, 0.29) is 5.57 Å². The van der Waals surface area contributed by atoms with Crippen molar-refractivity contribution in [3.05, 3.63) is 12.2 Å². The first-order valence-corrected chi connectivity index (χ1v) is 3.03. The van der Waals surface area contributed by atoms with Gasteiger partial charge in [-0.3, -0.25) is 0 Å². The van der Waals surface area contributed by atoms with E-state index in [1.165, 1.54) is 26.2 Å². The third-order valence-corrected chi connectivity index (χ3v) is 0.719. The molecule has 1 fully saturated rings. The number of carboxylic acid groups (broad SMARTS) is 1. The third kappa shape index (κ3) is 11.0. The van der Waals surface area contributed by atoms with Crippen LogP contribution in [0.1, 0.15) is 26.2 Å². The maximum atomic E-state index is 9.60. The highest BCUT2D eigenvalue weighted by molar-refractivity contribution is 5.84. The summed E-state index contributed by atoms with van der Waals surface area (Å²) in [5.41, 5.74) is 0.176. The van der Waals surface area contributed by atoms with Gasteiger partial charge in [0.2, 0.25) is 0 Å². The van der Waals surface area contributed by atoms with Gasteiger partial charge in [0.25, 0.3) is 0 Å². The van der Waals surface area contributed by atoms with E-state index in [1.54, 1.807) is 0 Å². The summed E-state index contributed by atoms with van der Waals surface area (Å²) in [4.78, 5) is 9.60. The van der Waals surface area contributed by atoms with Crippen LogP contribution in [0.25, 0.3) is 0 Å². The smallest absolute Gasteiger partial charge is 0.330 e. The lowest BCUT2D eigenvalue weighted by Crippen LogP contribution is -1.92. The molecule has 1 aliphatic rings. The van der Waals surface area contributed by atoms with Crippen LogP contribution >= 0.6 is 0 Å². The first-order valence-electron chi connectivity index (χ1n) is 3.03. The van der Waals surface area contributed by atoms with Gasteiger partial charge in [-0.25, -0.2) is 4.79 Å². The van der Waals surface area contributed by atoms with E-state index in [4.69, 9.17) is 5.11 Å². The van der Waals surface area contributed by atoms with Crippen molar-refractivity contribution in [1.29, 1.82) is 0 Å². The minimum Gasteiger partial charge on any atom is -0.478 e. The van der Waals surface area contributed by atoms with Crippen LogP contribution in [0.3, 0.4) is 0 Å². The highest BCUT2D eigenvalue weighted by Crippen LogP contribution is 2.14. The first-order chi connectivity index (χ1) is 4.14. The fourth-order valence-electron chi connectivity index (χ4n) is 0. The quantitative estimate of drug-likeness (QED) is 0.547. The number of carbonyl (C=O) groups is 1. The Bertz CT molecular complexity index is 99.3. The molecule has 1 aliphatic carbocycles. The highest BCUT2D eigenvalue weighted by Gasteiger charge is 1.95. The lowest BCUT2D eigenvalue weighted by atomic mass is 10.4. The van der Waals surface area contributed by atoms with Crippen molar-refractivity contribution in [2.45, 2.75) is 26.2 Å². The normalized spacial score (nSPS) is 13.0. The van der Waals surface area contributed by atoms with Crippen LogP contribution in [0, 0.1) is 0 Å². The molecule has 0 saturated heterocycles. The summed E-state index contributed by atoms with van der Waals surface area (Å²) in [5, 5.41) is 7.89.